The zero-order valence-corrected chi connectivity index (χ0v) is 12.6. The van der Waals surface area contributed by atoms with Crippen molar-refractivity contribution < 1.29 is 19.1 Å². The van der Waals surface area contributed by atoms with Crippen molar-refractivity contribution in [3.8, 4) is 0 Å². The second-order valence-corrected chi connectivity index (χ2v) is 6.06. The van der Waals surface area contributed by atoms with Crippen LogP contribution in [0.3, 0.4) is 0 Å². The fourth-order valence-corrected chi connectivity index (χ4v) is 1.06. The van der Waals surface area contributed by atoms with Crippen LogP contribution in [0.25, 0.3) is 0 Å². The Balaban J connectivity index is 4.84. The van der Waals surface area contributed by atoms with Crippen LogP contribution < -0.4 is 0 Å². The van der Waals surface area contributed by atoms with Crippen molar-refractivity contribution in [3.63, 3.8) is 0 Å². The molecular weight excluding hydrogens is 248 g/mol. The van der Waals surface area contributed by atoms with Crippen molar-refractivity contribution in [1.82, 2.24) is 4.90 Å². The second kappa shape index (κ2) is 6.54. The van der Waals surface area contributed by atoms with Gasteiger partial charge in [-0.05, 0) is 48.3 Å². The summed E-state index contributed by atoms with van der Waals surface area (Å²) in [5, 5.41) is 0. The number of carbonyl (C=O) groups excluding carboxylic acids is 2. The SMILES string of the molecule is C=NCCN(C(=O)OC(C)(C)C)C(=O)OC(C)(C)C. The Morgan fingerprint density at radius 2 is 1.37 bits per heavy atom. The highest BCUT2D eigenvalue weighted by molar-refractivity contribution is 5.88. The summed E-state index contributed by atoms with van der Waals surface area (Å²) in [6.45, 7) is 14.0. The highest BCUT2D eigenvalue weighted by atomic mass is 16.6. The standard InChI is InChI=1S/C13H24N2O4/c1-12(2,3)18-10(16)15(9-8-14-7)11(17)19-13(4,5)6/h7-9H2,1-6H3. The molecule has 0 radical (unpaired) electrons. The third-order valence-electron chi connectivity index (χ3n) is 1.71. The van der Waals surface area contributed by atoms with Crippen LogP contribution in [0.1, 0.15) is 41.5 Å². The van der Waals surface area contributed by atoms with E-state index >= 15 is 0 Å². The minimum Gasteiger partial charge on any atom is -0.443 e. The van der Waals surface area contributed by atoms with E-state index in [0.29, 0.717) is 0 Å². The molecule has 0 aromatic heterocycles. The number of ether oxygens (including phenoxy) is 2. The van der Waals surface area contributed by atoms with E-state index in [0.717, 1.165) is 4.90 Å². The Kier molecular flexibility index (Phi) is 5.99. The second-order valence-electron chi connectivity index (χ2n) is 6.06. The molecule has 0 fully saturated rings. The van der Waals surface area contributed by atoms with E-state index in [9.17, 15) is 9.59 Å². The van der Waals surface area contributed by atoms with Crippen molar-refractivity contribution in [2.24, 2.45) is 4.99 Å². The van der Waals surface area contributed by atoms with Gasteiger partial charge in [-0.25, -0.2) is 14.5 Å². The number of nitrogens with zero attached hydrogens (tertiary/aromatic N) is 2. The maximum absolute atomic E-state index is 11.9. The van der Waals surface area contributed by atoms with Gasteiger partial charge in [0.15, 0.2) is 0 Å². The molecule has 6 nitrogen and oxygen atoms in total. The van der Waals surface area contributed by atoms with Crippen LogP contribution in [0.15, 0.2) is 4.99 Å². The number of carbonyl (C=O) groups is 2. The summed E-state index contributed by atoms with van der Waals surface area (Å²) in [4.78, 5) is 28.4. The average Bonchev–Trinajstić information content (AvgIpc) is 2.12. The monoisotopic (exact) mass is 272 g/mol. The predicted molar refractivity (Wildman–Crippen MR) is 73.6 cm³/mol. The maximum atomic E-state index is 11.9. The van der Waals surface area contributed by atoms with Gasteiger partial charge in [-0.15, -0.1) is 0 Å². The van der Waals surface area contributed by atoms with Gasteiger partial charge >= 0.3 is 12.2 Å². The summed E-state index contributed by atoms with van der Waals surface area (Å²) >= 11 is 0. The molecule has 0 heterocycles. The van der Waals surface area contributed by atoms with Gasteiger partial charge in [0.25, 0.3) is 0 Å². The van der Waals surface area contributed by atoms with Gasteiger partial charge in [0, 0.05) is 0 Å². The fraction of sp³-hybridized carbons (Fsp3) is 0.769. The first-order valence-corrected chi connectivity index (χ1v) is 6.12. The molecule has 0 saturated heterocycles. The zero-order valence-electron chi connectivity index (χ0n) is 12.6. The molecule has 19 heavy (non-hydrogen) atoms. The Morgan fingerprint density at radius 1 is 1.00 bits per heavy atom. The Hall–Kier alpha value is -1.59. The Bertz CT molecular complexity index is 312. The molecule has 0 unspecified atom stereocenters. The van der Waals surface area contributed by atoms with Gasteiger partial charge in [0.2, 0.25) is 0 Å². The molecule has 0 atom stereocenters. The van der Waals surface area contributed by atoms with Gasteiger partial charge in [-0.1, -0.05) is 0 Å². The summed E-state index contributed by atoms with van der Waals surface area (Å²) < 4.78 is 10.3. The Labute approximate surface area is 114 Å². The largest absolute Gasteiger partial charge is 0.443 e. The highest BCUT2D eigenvalue weighted by Gasteiger charge is 2.30. The molecule has 6 heteroatoms. The third-order valence-corrected chi connectivity index (χ3v) is 1.71. The molecule has 0 N–H and O–H groups in total. The van der Waals surface area contributed by atoms with E-state index in [2.05, 4.69) is 11.7 Å². The van der Waals surface area contributed by atoms with E-state index in [-0.39, 0.29) is 13.1 Å². The van der Waals surface area contributed by atoms with Crippen molar-refractivity contribution in [1.29, 1.82) is 0 Å². The van der Waals surface area contributed by atoms with Gasteiger partial charge in [0.05, 0.1) is 13.1 Å². The molecule has 0 bridgehead atoms. The first-order chi connectivity index (χ1) is 8.46. The lowest BCUT2D eigenvalue weighted by atomic mass is 10.2. The third kappa shape index (κ3) is 8.18. The van der Waals surface area contributed by atoms with E-state index in [1.54, 1.807) is 41.5 Å². The van der Waals surface area contributed by atoms with Crippen molar-refractivity contribution in [2.45, 2.75) is 52.7 Å². The normalized spacial score (nSPS) is 11.7. The lowest BCUT2D eigenvalue weighted by Gasteiger charge is -2.28. The quantitative estimate of drug-likeness (QED) is 0.741. The summed E-state index contributed by atoms with van der Waals surface area (Å²) in [5.74, 6) is 0. The molecule has 0 spiro atoms. The van der Waals surface area contributed by atoms with Gasteiger partial charge in [0.1, 0.15) is 11.2 Å². The van der Waals surface area contributed by atoms with Crippen LogP contribution in [0.4, 0.5) is 9.59 Å². The number of amides is 2. The number of imide groups is 1. The fourth-order valence-electron chi connectivity index (χ4n) is 1.06. The summed E-state index contributed by atoms with van der Waals surface area (Å²) in [5.41, 5.74) is -1.36. The van der Waals surface area contributed by atoms with Crippen LogP contribution in [-0.4, -0.2) is 48.1 Å². The Morgan fingerprint density at radius 3 is 1.63 bits per heavy atom. The van der Waals surface area contributed by atoms with E-state index in [1.165, 1.54) is 0 Å². The molecule has 0 aromatic rings. The molecule has 0 aliphatic carbocycles. The highest BCUT2D eigenvalue weighted by Crippen LogP contribution is 2.14. The molecule has 0 rings (SSSR count). The molecule has 0 aromatic carbocycles. The van der Waals surface area contributed by atoms with Crippen LogP contribution in [0.2, 0.25) is 0 Å². The number of hydrogen-bond acceptors (Lipinski definition) is 5. The predicted octanol–water partition coefficient (Wildman–Crippen LogP) is 2.86. The molecule has 0 aliphatic rings. The van der Waals surface area contributed by atoms with Crippen LogP contribution in [0.5, 0.6) is 0 Å². The van der Waals surface area contributed by atoms with Crippen molar-refractivity contribution in [3.05, 3.63) is 0 Å². The molecule has 110 valence electrons. The first kappa shape index (κ1) is 17.4. The number of rotatable bonds is 3. The lowest BCUT2D eigenvalue weighted by molar-refractivity contribution is 0.00211. The van der Waals surface area contributed by atoms with E-state index in [1.807, 2.05) is 0 Å². The minimum absolute atomic E-state index is 0.0767. The van der Waals surface area contributed by atoms with Crippen LogP contribution in [0, 0.1) is 0 Å². The van der Waals surface area contributed by atoms with Crippen molar-refractivity contribution >= 4 is 18.9 Å². The molecular formula is C13H24N2O4. The lowest BCUT2D eigenvalue weighted by Crippen LogP contribution is -2.44. The van der Waals surface area contributed by atoms with E-state index in [4.69, 9.17) is 9.47 Å². The number of aliphatic imine (C=N–C) groups is 1. The van der Waals surface area contributed by atoms with Gasteiger partial charge < -0.3 is 9.47 Å². The average molecular weight is 272 g/mol. The summed E-state index contributed by atoms with van der Waals surface area (Å²) in [6.07, 6.45) is -1.49. The molecule has 0 saturated carbocycles. The smallest absolute Gasteiger partial charge is 0.419 e. The molecule has 2 amide bonds. The van der Waals surface area contributed by atoms with Crippen LogP contribution in [-0.2, 0) is 9.47 Å². The number of hydrogen-bond donors (Lipinski definition) is 0. The molecule has 0 aliphatic heterocycles. The maximum Gasteiger partial charge on any atom is 0.419 e. The first-order valence-electron chi connectivity index (χ1n) is 6.12. The van der Waals surface area contributed by atoms with Crippen LogP contribution >= 0.6 is 0 Å². The van der Waals surface area contributed by atoms with E-state index < -0.39 is 23.4 Å². The van der Waals surface area contributed by atoms with Crippen molar-refractivity contribution in [2.75, 3.05) is 13.1 Å². The topological polar surface area (TPSA) is 68.2 Å². The summed E-state index contributed by atoms with van der Waals surface area (Å²) in [7, 11) is 0. The van der Waals surface area contributed by atoms with Gasteiger partial charge in [-0.3, -0.25) is 4.99 Å². The summed E-state index contributed by atoms with van der Waals surface area (Å²) in [6, 6.07) is 0. The minimum atomic E-state index is -0.745. The zero-order chi connectivity index (χ0) is 15.3. The van der Waals surface area contributed by atoms with Gasteiger partial charge in [-0.2, -0.15) is 0 Å².